The maximum absolute atomic E-state index is 8.25. The zero-order valence-corrected chi connectivity index (χ0v) is 11.1. The van der Waals surface area contributed by atoms with Crippen LogP contribution < -0.4 is 0 Å². The molecule has 0 rings (SSSR count). The molecule has 0 aliphatic rings. The third kappa shape index (κ3) is 1910. The van der Waals surface area contributed by atoms with Crippen LogP contribution in [0.3, 0.4) is 0 Å². The van der Waals surface area contributed by atoms with E-state index in [0.29, 0.717) is 0 Å². The first-order valence-corrected chi connectivity index (χ1v) is 1.10. The van der Waals surface area contributed by atoms with Crippen molar-refractivity contribution in [2.24, 2.45) is 0 Å². The van der Waals surface area contributed by atoms with Gasteiger partial charge in [-0.15, -0.1) is 0 Å². The van der Waals surface area contributed by atoms with Crippen molar-refractivity contribution in [2.45, 2.75) is 0 Å². The SMILES string of the molecule is O.O.O.O.O.O.O=[N+]([O-])[O-].O=[N+]([O-])[O-].[Cd+2]. The van der Waals surface area contributed by atoms with Gasteiger partial charge in [0.1, 0.15) is 0 Å². The van der Waals surface area contributed by atoms with E-state index in [1.54, 1.807) is 0 Å². The van der Waals surface area contributed by atoms with E-state index in [1.807, 2.05) is 0 Å². The van der Waals surface area contributed by atoms with Gasteiger partial charge in [-0.1, -0.05) is 0 Å². The second kappa shape index (κ2) is 73.9. The maximum Gasteiger partial charge on any atom is 2.00 e. The third-order valence-corrected chi connectivity index (χ3v) is 0. The summed E-state index contributed by atoms with van der Waals surface area (Å²) >= 11 is 0. The fraction of sp³-hybridized carbons (Fsp3) is 0. The summed E-state index contributed by atoms with van der Waals surface area (Å²) < 4.78 is 0. The summed E-state index contributed by atoms with van der Waals surface area (Å²) in [5.41, 5.74) is 0. The molecule has 0 spiro atoms. The first kappa shape index (κ1) is 93.3. The van der Waals surface area contributed by atoms with E-state index in [9.17, 15) is 0 Å². The Kier molecular flexibility index (Phi) is 460. The molecule has 0 aromatic rings. The molecule has 0 saturated heterocycles. The van der Waals surface area contributed by atoms with Crippen molar-refractivity contribution in [1.82, 2.24) is 0 Å². The fourth-order valence-corrected chi connectivity index (χ4v) is 0. The number of nitrogens with zero attached hydrogens (tertiary/aromatic N) is 2. The normalized spacial score (nSPS) is 3.20. The second-order valence-corrected chi connectivity index (χ2v) is 0.447. The van der Waals surface area contributed by atoms with E-state index in [0.717, 1.165) is 0 Å². The van der Waals surface area contributed by atoms with E-state index < -0.39 is 10.2 Å². The van der Waals surface area contributed by atoms with Crippen LogP contribution >= 0.6 is 0 Å². The molecule has 0 aliphatic heterocycles. The third-order valence-electron chi connectivity index (χ3n) is 0. The molecule has 0 fully saturated rings. The van der Waals surface area contributed by atoms with Crippen LogP contribution in [0, 0.1) is 30.6 Å². The van der Waals surface area contributed by atoms with Crippen LogP contribution in [-0.2, 0) is 27.3 Å². The molecule has 14 nitrogen and oxygen atoms in total. The summed E-state index contributed by atoms with van der Waals surface area (Å²) in [6.45, 7) is 0. The summed E-state index contributed by atoms with van der Waals surface area (Å²) in [6, 6.07) is 0. The van der Waals surface area contributed by atoms with Gasteiger partial charge in [0, 0.05) is 0 Å². The molecule has 0 aromatic heterocycles. The molecule has 0 bridgehead atoms. The molecule has 0 radical (unpaired) electrons. The molecule has 0 aromatic carbocycles. The molecule has 0 heterocycles. The van der Waals surface area contributed by atoms with Crippen molar-refractivity contribution in [1.29, 1.82) is 0 Å². The standard InChI is InChI=1S/Cd.2NO3.6H2O/c;2*2-1(3)4;;;;;;/h;;;6*1H2/q+2;2*-1;;;;;;. The molecule has 15 heavy (non-hydrogen) atoms. The van der Waals surface area contributed by atoms with Crippen LogP contribution in [0.15, 0.2) is 0 Å². The minimum absolute atomic E-state index is 0. The van der Waals surface area contributed by atoms with E-state index in [-0.39, 0.29) is 60.2 Å². The number of hydrogen-bond donors (Lipinski definition) is 0. The molecule has 0 atom stereocenters. The molecule has 12 N–H and O–H groups in total. The smallest absolute Gasteiger partial charge is 0.412 e. The summed E-state index contributed by atoms with van der Waals surface area (Å²) in [5.74, 6) is 0. The Hall–Kier alpha value is -0.918. The first-order valence-electron chi connectivity index (χ1n) is 1.10. The van der Waals surface area contributed by atoms with Gasteiger partial charge < -0.3 is 63.5 Å². The predicted octanol–water partition coefficient (Wildman–Crippen LogP) is -5.43. The van der Waals surface area contributed by atoms with E-state index in [4.69, 9.17) is 30.6 Å². The van der Waals surface area contributed by atoms with Crippen LogP contribution in [-0.4, -0.2) is 43.0 Å². The Morgan fingerprint density at radius 2 is 0.533 bits per heavy atom. The van der Waals surface area contributed by atoms with Crippen LogP contribution in [0.1, 0.15) is 0 Å². The van der Waals surface area contributed by atoms with Gasteiger partial charge >= 0.3 is 27.3 Å². The summed E-state index contributed by atoms with van der Waals surface area (Å²) in [6.07, 6.45) is 0. The second-order valence-electron chi connectivity index (χ2n) is 0.447. The maximum atomic E-state index is 8.25. The quantitative estimate of drug-likeness (QED) is 0.234. The van der Waals surface area contributed by atoms with Crippen LogP contribution in [0.2, 0.25) is 0 Å². The van der Waals surface area contributed by atoms with Crippen molar-refractivity contribution in [3.05, 3.63) is 30.6 Å². The van der Waals surface area contributed by atoms with Gasteiger partial charge in [0.2, 0.25) is 0 Å². The van der Waals surface area contributed by atoms with Gasteiger partial charge in [-0.2, -0.15) is 0 Å². The molecular formula is H12CdN2O12. The first-order chi connectivity index (χ1) is 3.46. The minimum atomic E-state index is -1.75. The molecule has 0 saturated carbocycles. The molecule has 0 unspecified atom stereocenters. The largest absolute Gasteiger partial charge is 2.00 e. The van der Waals surface area contributed by atoms with Crippen LogP contribution in [0.4, 0.5) is 0 Å². The average Bonchev–Trinajstić information content (AvgIpc) is 1.25. The molecular weight excluding hydrogens is 332 g/mol. The van der Waals surface area contributed by atoms with E-state index >= 15 is 0 Å². The summed E-state index contributed by atoms with van der Waals surface area (Å²) in [4.78, 5) is 16.5. The zero-order valence-electron chi connectivity index (χ0n) is 7.05. The zero-order chi connectivity index (χ0) is 7.15. The van der Waals surface area contributed by atoms with Gasteiger partial charge in [-0.25, -0.2) is 0 Å². The molecule has 0 aliphatic carbocycles. The van der Waals surface area contributed by atoms with Gasteiger partial charge in [0.25, 0.3) is 0 Å². The van der Waals surface area contributed by atoms with Crippen molar-refractivity contribution in [2.75, 3.05) is 0 Å². The van der Waals surface area contributed by atoms with Gasteiger partial charge in [0.15, 0.2) is 0 Å². The van der Waals surface area contributed by atoms with Crippen molar-refractivity contribution < 1.29 is 70.3 Å². The van der Waals surface area contributed by atoms with Crippen LogP contribution in [0.5, 0.6) is 0 Å². The Balaban J connectivity index is -0.00000000468. The fourth-order valence-electron chi connectivity index (χ4n) is 0. The Labute approximate surface area is 101 Å². The minimum Gasteiger partial charge on any atom is -0.412 e. The van der Waals surface area contributed by atoms with Crippen molar-refractivity contribution in [3.63, 3.8) is 0 Å². The Morgan fingerprint density at radius 1 is 0.533 bits per heavy atom. The number of hydrogen-bond acceptors (Lipinski definition) is 6. The van der Waals surface area contributed by atoms with E-state index in [1.165, 1.54) is 0 Å². The summed E-state index contributed by atoms with van der Waals surface area (Å²) in [5, 5.41) is 29.5. The monoisotopic (exact) mass is 346 g/mol. The van der Waals surface area contributed by atoms with E-state index in [2.05, 4.69) is 0 Å². The number of rotatable bonds is 0. The molecule has 15 heteroatoms. The van der Waals surface area contributed by atoms with Gasteiger partial charge in [-0.3, -0.25) is 0 Å². The van der Waals surface area contributed by atoms with Gasteiger partial charge in [0.05, 0.1) is 10.2 Å². The summed E-state index contributed by atoms with van der Waals surface area (Å²) in [7, 11) is 0. The predicted molar refractivity (Wildman–Crippen MR) is 42.4 cm³/mol. The molecule has 0 amide bonds. The van der Waals surface area contributed by atoms with Crippen molar-refractivity contribution in [3.8, 4) is 0 Å². The topological polar surface area (TPSA) is 321 Å². The van der Waals surface area contributed by atoms with Gasteiger partial charge in [-0.05, 0) is 0 Å². The molecule has 96 valence electrons. The van der Waals surface area contributed by atoms with Crippen LogP contribution in [0.25, 0.3) is 0 Å². The average molecular weight is 345 g/mol. The Bertz CT molecular complexity index is 71.6. The van der Waals surface area contributed by atoms with Crippen molar-refractivity contribution >= 4 is 0 Å². The Morgan fingerprint density at radius 3 is 0.533 bits per heavy atom.